The molecule has 124 valence electrons. The van der Waals surface area contributed by atoms with Crippen molar-refractivity contribution in [3.05, 3.63) is 52.0 Å². The van der Waals surface area contributed by atoms with Gasteiger partial charge < -0.3 is 4.74 Å². The minimum atomic E-state index is -3.74. The van der Waals surface area contributed by atoms with Crippen molar-refractivity contribution in [3.63, 3.8) is 0 Å². The highest BCUT2D eigenvalue weighted by molar-refractivity contribution is 7.92. The summed E-state index contributed by atoms with van der Waals surface area (Å²) in [7, 11) is -3.74. The van der Waals surface area contributed by atoms with E-state index in [1.807, 2.05) is 20.8 Å². The molecule has 23 heavy (non-hydrogen) atoms. The molecule has 0 aliphatic heterocycles. The lowest BCUT2D eigenvalue weighted by Crippen LogP contribution is -2.14. The first-order valence-corrected chi connectivity index (χ1v) is 9.18. The van der Waals surface area contributed by atoms with Gasteiger partial charge in [0.2, 0.25) is 0 Å². The maximum Gasteiger partial charge on any atom is 0.261 e. The van der Waals surface area contributed by atoms with Gasteiger partial charge in [-0.05, 0) is 39.0 Å². The van der Waals surface area contributed by atoms with Crippen LogP contribution in [0.2, 0.25) is 10.0 Å². The van der Waals surface area contributed by atoms with Crippen LogP contribution in [0.3, 0.4) is 0 Å². The SMILES string of the molecule is Cc1ccc(S(=O)(=O)Nc2cc(OC(C)C)c(Cl)cc2Cl)cc1. The highest BCUT2D eigenvalue weighted by Gasteiger charge is 2.18. The summed E-state index contributed by atoms with van der Waals surface area (Å²) < 4.78 is 32.9. The van der Waals surface area contributed by atoms with Gasteiger partial charge in [0.15, 0.2) is 0 Å². The van der Waals surface area contributed by atoms with Crippen molar-refractivity contribution in [2.24, 2.45) is 0 Å². The third kappa shape index (κ3) is 4.53. The normalized spacial score (nSPS) is 11.6. The molecule has 1 N–H and O–H groups in total. The van der Waals surface area contributed by atoms with Crippen LogP contribution in [0.15, 0.2) is 41.3 Å². The van der Waals surface area contributed by atoms with Gasteiger partial charge in [-0.2, -0.15) is 0 Å². The molecule has 0 atom stereocenters. The van der Waals surface area contributed by atoms with Gasteiger partial charge in [-0.25, -0.2) is 8.42 Å². The number of ether oxygens (including phenoxy) is 1. The van der Waals surface area contributed by atoms with E-state index in [2.05, 4.69) is 4.72 Å². The lowest BCUT2D eigenvalue weighted by atomic mass is 10.2. The van der Waals surface area contributed by atoms with Crippen LogP contribution in [-0.4, -0.2) is 14.5 Å². The van der Waals surface area contributed by atoms with Gasteiger partial charge in [0.25, 0.3) is 10.0 Å². The molecule has 0 amide bonds. The van der Waals surface area contributed by atoms with Crippen molar-refractivity contribution in [2.75, 3.05) is 4.72 Å². The molecule has 0 spiro atoms. The summed E-state index contributed by atoms with van der Waals surface area (Å²) in [6.07, 6.45) is -0.102. The first-order valence-electron chi connectivity index (χ1n) is 6.94. The Labute approximate surface area is 146 Å². The average Bonchev–Trinajstić information content (AvgIpc) is 2.44. The number of aryl methyl sites for hydroxylation is 1. The van der Waals surface area contributed by atoms with Crippen molar-refractivity contribution in [3.8, 4) is 5.75 Å². The van der Waals surface area contributed by atoms with E-state index in [1.54, 1.807) is 12.1 Å². The quantitative estimate of drug-likeness (QED) is 0.811. The van der Waals surface area contributed by atoms with Gasteiger partial charge in [0.05, 0.1) is 26.7 Å². The maximum atomic E-state index is 12.4. The Balaban J connectivity index is 2.36. The van der Waals surface area contributed by atoms with E-state index in [1.165, 1.54) is 24.3 Å². The fraction of sp³-hybridized carbons (Fsp3) is 0.250. The second-order valence-electron chi connectivity index (χ2n) is 5.35. The molecule has 0 saturated heterocycles. The first kappa shape index (κ1) is 17.9. The highest BCUT2D eigenvalue weighted by Crippen LogP contribution is 2.35. The second-order valence-corrected chi connectivity index (χ2v) is 7.84. The Hall–Kier alpha value is -1.43. The second kappa shape index (κ2) is 6.99. The number of rotatable bonds is 5. The molecular weight excluding hydrogens is 357 g/mol. The zero-order chi connectivity index (χ0) is 17.2. The lowest BCUT2D eigenvalue weighted by molar-refractivity contribution is 0.243. The Morgan fingerprint density at radius 3 is 2.22 bits per heavy atom. The number of hydrogen-bond donors (Lipinski definition) is 1. The van der Waals surface area contributed by atoms with Crippen molar-refractivity contribution in [1.82, 2.24) is 0 Å². The minimum Gasteiger partial charge on any atom is -0.489 e. The van der Waals surface area contributed by atoms with E-state index >= 15 is 0 Å². The Kier molecular flexibility index (Phi) is 5.45. The molecular formula is C16H17Cl2NO3S. The van der Waals surface area contributed by atoms with Crippen LogP contribution in [-0.2, 0) is 10.0 Å². The third-order valence-electron chi connectivity index (χ3n) is 2.96. The van der Waals surface area contributed by atoms with Crippen LogP contribution >= 0.6 is 23.2 Å². The molecule has 0 fully saturated rings. The molecule has 7 heteroatoms. The highest BCUT2D eigenvalue weighted by atomic mass is 35.5. The number of benzene rings is 2. The molecule has 0 unspecified atom stereocenters. The zero-order valence-electron chi connectivity index (χ0n) is 12.9. The van der Waals surface area contributed by atoms with E-state index in [-0.39, 0.29) is 21.7 Å². The Morgan fingerprint density at radius 2 is 1.65 bits per heavy atom. The summed E-state index contributed by atoms with van der Waals surface area (Å²) in [4.78, 5) is 0.153. The van der Waals surface area contributed by atoms with E-state index < -0.39 is 10.0 Å². The Morgan fingerprint density at radius 1 is 1.04 bits per heavy atom. The molecule has 0 aromatic heterocycles. The van der Waals surface area contributed by atoms with E-state index in [0.717, 1.165) is 5.56 Å². The summed E-state index contributed by atoms with van der Waals surface area (Å²) >= 11 is 12.2. The molecule has 0 bridgehead atoms. The molecule has 0 saturated carbocycles. The van der Waals surface area contributed by atoms with Gasteiger partial charge in [0.1, 0.15) is 5.75 Å². The molecule has 2 aromatic rings. The lowest BCUT2D eigenvalue weighted by Gasteiger charge is -2.15. The van der Waals surface area contributed by atoms with Gasteiger partial charge in [-0.3, -0.25) is 4.72 Å². The summed E-state index contributed by atoms with van der Waals surface area (Å²) in [5.41, 5.74) is 1.19. The molecule has 0 radical (unpaired) electrons. The fourth-order valence-corrected chi connectivity index (χ4v) is 3.47. The number of sulfonamides is 1. The largest absolute Gasteiger partial charge is 0.489 e. The summed E-state index contributed by atoms with van der Waals surface area (Å²) in [6, 6.07) is 9.46. The fourth-order valence-electron chi connectivity index (χ4n) is 1.87. The number of hydrogen-bond acceptors (Lipinski definition) is 3. The van der Waals surface area contributed by atoms with Crippen LogP contribution in [0.1, 0.15) is 19.4 Å². The topological polar surface area (TPSA) is 55.4 Å². The number of halogens is 2. The summed E-state index contributed by atoms with van der Waals surface area (Å²) in [6.45, 7) is 5.58. The van der Waals surface area contributed by atoms with Crippen LogP contribution < -0.4 is 9.46 Å². The molecule has 0 aliphatic carbocycles. The molecule has 2 rings (SSSR count). The van der Waals surface area contributed by atoms with Crippen LogP contribution in [0.25, 0.3) is 0 Å². The van der Waals surface area contributed by atoms with Gasteiger partial charge in [-0.15, -0.1) is 0 Å². The summed E-state index contributed by atoms with van der Waals surface area (Å²) in [5, 5.41) is 0.517. The monoisotopic (exact) mass is 373 g/mol. The Bertz CT molecular complexity index is 803. The van der Waals surface area contributed by atoms with Crippen LogP contribution in [0.4, 0.5) is 5.69 Å². The van der Waals surface area contributed by atoms with Crippen molar-refractivity contribution < 1.29 is 13.2 Å². The predicted octanol–water partition coefficient (Wildman–Crippen LogP) is 4.89. The number of anilines is 1. The molecule has 0 heterocycles. The van der Waals surface area contributed by atoms with Gasteiger partial charge in [0, 0.05) is 6.07 Å². The first-order chi connectivity index (χ1) is 10.7. The third-order valence-corrected chi connectivity index (χ3v) is 4.95. The van der Waals surface area contributed by atoms with E-state index in [0.29, 0.717) is 10.8 Å². The zero-order valence-corrected chi connectivity index (χ0v) is 15.3. The summed E-state index contributed by atoms with van der Waals surface area (Å²) in [5.74, 6) is 0.368. The van der Waals surface area contributed by atoms with Crippen LogP contribution in [0.5, 0.6) is 5.75 Å². The van der Waals surface area contributed by atoms with E-state index in [4.69, 9.17) is 27.9 Å². The van der Waals surface area contributed by atoms with Crippen molar-refractivity contribution in [1.29, 1.82) is 0 Å². The smallest absolute Gasteiger partial charge is 0.261 e. The van der Waals surface area contributed by atoms with Gasteiger partial charge in [-0.1, -0.05) is 40.9 Å². The average molecular weight is 374 g/mol. The maximum absolute atomic E-state index is 12.4. The minimum absolute atomic E-state index is 0.102. The van der Waals surface area contributed by atoms with Crippen LogP contribution in [0, 0.1) is 6.92 Å². The van der Waals surface area contributed by atoms with E-state index in [9.17, 15) is 8.42 Å². The molecule has 2 aromatic carbocycles. The standard InChI is InChI=1S/C16H17Cl2NO3S/c1-10(2)22-16-9-15(13(17)8-14(16)18)19-23(20,21)12-6-4-11(3)5-7-12/h4-10,19H,1-3H3. The molecule has 4 nitrogen and oxygen atoms in total. The predicted molar refractivity (Wildman–Crippen MR) is 94.2 cm³/mol. The van der Waals surface area contributed by atoms with Crippen molar-refractivity contribution in [2.45, 2.75) is 31.8 Å². The van der Waals surface area contributed by atoms with Crippen molar-refractivity contribution >= 4 is 38.9 Å². The molecule has 0 aliphatic rings. The number of nitrogens with one attached hydrogen (secondary N) is 1. The van der Waals surface area contributed by atoms with Gasteiger partial charge >= 0.3 is 0 Å².